The second-order valence-electron chi connectivity index (χ2n) is 2.83. The van der Waals surface area contributed by atoms with Crippen molar-refractivity contribution in [1.82, 2.24) is 10.2 Å². The van der Waals surface area contributed by atoms with E-state index in [2.05, 4.69) is 10.2 Å². The number of nitrogens with zero attached hydrogens (tertiary/aromatic N) is 1. The van der Waals surface area contributed by atoms with E-state index in [0.717, 1.165) is 17.0 Å². The standard InChI is InChI=1S/C10H9ClN2O/c1-14-8-4-2-7(3-5-8)9-6-10(11)13-12-9/h2-6H,1H3,(H,12,13). The predicted octanol–water partition coefficient (Wildman–Crippen LogP) is 2.74. The average Bonchev–Trinajstić information content (AvgIpc) is 2.65. The summed E-state index contributed by atoms with van der Waals surface area (Å²) in [5.41, 5.74) is 1.84. The molecule has 1 N–H and O–H groups in total. The van der Waals surface area contributed by atoms with Crippen molar-refractivity contribution in [2.75, 3.05) is 7.11 Å². The summed E-state index contributed by atoms with van der Waals surface area (Å²) in [6.07, 6.45) is 0. The lowest BCUT2D eigenvalue weighted by molar-refractivity contribution is 0.415. The summed E-state index contributed by atoms with van der Waals surface area (Å²) in [4.78, 5) is 0. The van der Waals surface area contributed by atoms with E-state index in [4.69, 9.17) is 16.3 Å². The predicted molar refractivity (Wildman–Crippen MR) is 55.6 cm³/mol. The number of hydrogen-bond acceptors (Lipinski definition) is 2. The first-order valence-electron chi connectivity index (χ1n) is 4.15. The third-order valence-electron chi connectivity index (χ3n) is 1.93. The Labute approximate surface area is 86.7 Å². The van der Waals surface area contributed by atoms with Gasteiger partial charge in [-0.1, -0.05) is 11.6 Å². The largest absolute Gasteiger partial charge is 0.497 e. The van der Waals surface area contributed by atoms with Gasteiger partial charge in [0.05, 0.1) is 12.8 Å². The van der Waals surface area contributed by atoms with Crippen LogP contribution in [-0.2, 0) is 0 Å². The normalized spacial score (nSPS) is 10.1. The highest BCUT2D eigenvalue weighted by atomic mass is 35.5. The topological polar surface area (TPSA) is 37.9 Å². The van der Waals surface area contributed by atoms with Crippen LogP contribution in [0.15, 0.2) is 30.3 Å². The highest BCUT2D eigenvalue weighted by Gasteiger charge is 2.01. The molecule has 0 saturated carbocycles. The SMILES string of the molecule is COc1ccc(-c2cc(Cl)[nH]n2)cc1. The lowest BCUT2D eigenvalue weighted by atomic mass is 10.1. The number of aromatic amines is 1. The Balaban J connectivity index is 2.33. The number of hydrogen-bond donors (Lipinski definition) is 1. The number of ether oxygens (including phenoxy) is 1. The van der Waals surface area contributed by atoms with Gasteiger partial charge in [0.15, 0.2) is 0 Å². The zero-order valence-corrected chi connectivity index (χ0v) is 8.38. The molecule has 72 valence electrons. The Morgan fingerprint density at radius 2 is 2.00 bits per heavy atom. The highest BCUT2D eigenvalue weighted by molar-refractivity contribution is 6.29. The maximum atomic E-state index is 5.73. The average molecular weight is 209 g/mol. The van der Waals surface area contributed by atoms with E-state index in [-0.39, 0.29) is 0 Å². The van der Waals surface area contributed by atoms with Crippen LogP contribution < -0.4 is 4.74 Å². The van der Waals surface area contributed by atoms with Gasteiger partial charge in [-0.25, -0.2) is 0 Å². The van der Waals surface area contributed by atoms with Crippen LogP contribution in [0.5, 0.6) is 5.75 Å². The van der Waals surface area contributed by atoms with E-state index >= 15 is 0 Å². The van der Waals surface area contributed by atoms with E-state index in [1.807, 2.05) is 24.3 Å². The van der Waals surface area contributed by atoms with Gasteiger partial charge in [0.25, 0.3) is 0 Å². The van der Waals surface area contributed by atoms with Gasteiger partial charge in [-0.05, 0) is 24.3 Å². The van der Waals surface area contributed by atoms with Crippen molar-refractivity contribution in [3.8, 4) is 17.0 Å². The molecule has 1 aromatic carbocycles. The molecule has 1 aromatic heterocycles. The zero-order chi connectivity index (χ0) is 9.97. The zero-order valence-electron chi connectivity index (χ0n) is 7.62. The quantitative estimate of drug-likeness (QED) is 0.824. The number of aromatic nitrogens is 2. The molecule has 0 aliphatic carbocycles. The number of halogens is 1. The fourth-order valence-electron chi connectivity index (χ4n) is 1.21. The monoisotopic (exact) mass is 208 g/mol. The van der Waals surface area contributed by atoms with Crippen LogP contribution in [0, 0.1) is 0 Å². The third kappa shape index (κ3) is 1.72. The van der Waals surface area contributed by atoms with Crippen molar-refractivity contribution in [3.63, 3.8) is 0 Å². The van der Waals surface area contributed by atoms with Crippen molar-refractivity contribution >= 4 is 11.6 Å². The lowest BCUT2D eigenvalue weighted by Crippen LogP contribution is -1.82. The molecule has 0 fully saturated rings. The second kappa shape index (κ2) is 3.72. The fourth-order valence-corrected chi connectivity index (χ4v) is 1.35. The molecule has 0 unspecified atom stereocenters. The van der Waals surface area contributed by atoms with Crippen LogP contribution in [0.1, 0.15) is 0 Å². The molecule has 4 heteroatoms. The van der Waals surface area contributed by atoms with Gasteiger partial charge in [0.2, 0.25) is 0 Å². The van der Waals surface area contributed by atoms with Gasteiger partial charge >= 0.3 is 0 Å². The van der Waals surface area contributed by atoms with Gasteiger partial charge in [-0.2, -0.15) is 5.10 Å². The molecule has 0 bridgehead atoms. The maximum absolute atomic E-state index is 5.73. The van der Waals surface area contributed by atoms with Gasteiger partial charge in [-0.15, -0.1) is 0 Å². The first-order valence-corrected chi connectivity index (χ1v) is 4.53. The first-order chi connectivity index (χ1) is 6.79. The Hall–Kier alpha value is -1.48. The van der Waals surface area contributed by atoms with E-state index < -0.39 is 0 Å². The van der Waals surface area contributed by atoms with E-state index in [9.17, 15) is 0 Å². The number of nitrogens with one attached hydrogen (secondary N) is 1. The van der Waals surface area contributed by atoms with Crippen molar-refractivity contribution in [2.24, 2.45) is 0 Å². The van der Waals surface area contributed by atoms with Crippen molar-refractivity contribution in [2.45, 2.75) is 0 Å². The highest BCUT2D eigenvalue weighted by Crippen LogP contribution is 2.22. The third-order valence-corrected chi connectivity index (χ3v) is 2.13. The molecular formula is C10H9ClN2O. The van der Waals surface area contributed by atoms with Crippen LogP contribution in [0.3, 0.4) is 0 Å². The summed E-state index contributed by atoms with van der Waals surface area (Å²) in [6, 6.07) is 9.43. The Morgan fingerprint density at radius 3 is 2.50 bits per heavy atom. The van der Waals surface area contributed by atoms with Crippen molar-refractivity contribution < 1.29 is 4.74 Å². The molecule has 0 atom stereocenters. The molecule has 0 saturated heterocycles. The molecular weight excluding hydrogens is 200 g/mol. The summed E-state index contributed by atoms with van der Waals surface area (Å²) in [5.74, 6) is 0.829. The summed E-state index contributed by atoms with van der Waals surface area (Å²) in [5, 5.41) is 7.26. The van der Waals surface area contributed by atoms with Crippen LogP contribution in [0.4, 0.5) is 0 Å². The van der Waals surface area contributed by atoms with Crippen LogP contribution in [0.2, 0.25) is 5.15 Å². The van der Waals surface area contributed by atoms with Crippen LogP contribution >= 0.6 is 11.6 Å². The minimum absolute atomic E-state index is 0.538. The van der Waals surface area contributed by atoms with Crippen molar-refractivity contribution in [3.05, 3.63) is 35.5 Å². The molecule has 0 spiro atoms. The summed E-state index contributed by atoms with van der Waals surface area (Å²) < 4.78 is 5.06. The second-order valence-corrected chi connectivity index (χ2v) is 3.24. The Kier molecular flexibility index (Phi) is 2.41. The summed E-state index contributed by atoms with van der Waals surface area (Å²) in [6.45, 7) is 0. The minimum Gasteiger partial charge on any atom is -0.497 e. The maximum Gasteiger partial charge on any atom is 0.124 e. The molecule has 1 heterocycles. The number of benzene rings is 1. The molecule has 0 amide bonds. The molecule has 0 aliphatic rings. The summed E-state index contributed by atoms with van der Waals surface area (Å²) in [7, 11) is 1.64. The van der Waals surface area contributed by atoms with Gasteiger partial charge < -0.3 is 4.74 Å². The van der Waals surface area contributed by atoms with Crippen molar-refractivity contribution in [1.29, 1.82) is 0 Å². The molecule has 14 heavy (non-hydrogen) atoms. The molecule has 0 aliphatic heterocycles. The molecule has 0 radical (unpaired) electrons. The van der Waals surface area contributed by atoms with Crippen LogP contribution in [-0.4, -0.2) is 17.3 Å². The smallest absolute Gasteiger partial charge is 0.124 e. The Morgan fingerprint density at radius 1 is 1.29 bits per heavy atom. The lowest BCUT2D eigenvalue weighted by Gasteiger charge is -1.99. The number of H-pyrrole nitrogens is 1. The Bertz CT molecular complexity index is 422. The first kappa shape index (κ1) is 9.09. The molecule has 2 aromatic rings. The summed E-state index contributed by atoms with van der Waals surface area (Å²) >= 11 is 5.73. The van der Waals surface area contributed by atoms with Crippen LogP contribution in [0.25, 0.3) is 11.3 Å². The van der Waals surface area contributed by atoms with E-state index in [1.165, 1.54) is 0 Å². The number of rotatable bonds is 2. The van der Waals surface area contributed by atoms with E-state index in [0.29, 0.717) is 5.15 Å². The van der Waals surface area contributed by atoms with E-state index in [1.54, 1.807) is 13.2 Å². The molecule has 2 rings (SSSR count). The fraction of sp³-hybridized carbons (Fsp3) is 0.100. The molecule has 3 nitrogen and oxygen atoms in total. The van der Waals surface area contributed by atoms with Gasteiger partial charge in [0.1, 0.15) is 10.9 Å². The number of methoxy groups -OCH3 is 1. The minimum atomic E-state index is 0.538. The van der Waals surface area contributed by atoms with Gasteiger partial charge in [0, 0.05) is 11.6 Å². The van der Waals surface area contributed by atoms with Gasteiger partial charge in [-0.3, -0.25) is 5.10 Å².